The molecule has 0 spiro atoms. The van der Waals surface area contributed by atoms with Gasteiger partial charge in [0.2, 0.25) is 0 Å². The van der Waals surface area contributed by atoms with Crippen molar-refractivity contribution in [2.75, 3.05) is 12.9 Å². The number of aromatic hydroxyl groups is 1. The fourth-order valence-electron chi connectivity index (χ4n) is 1.74. The molecular formula is C11H12BrNO4S. The third kappa shape index (κ3) is 2.57. The van der Waals surface area contributed by atoms with E-state index in [1.54, 1.807) is 12.1 Å². The average Bonchev–Trinajstić information content (AvgIpc) is 2.81. The first-order valence-electron chi connectivity index (χ1n) is 5.19. The zero-order valence-electron chi connectivity index (χ0n) is 9.51. The molecule has 0 amide bonds. The molecular weight excluding hydrogens is 322 g/mol. The summed E-state index contributed by atoms with van der Waals surface area (Å²) in [5.74, 6) is -0.0161. The summed E-state index contributed by atoms with van der Waals surface area (Å²) in [6.07, 6.45) is 0. The molecule has 3 N–H and O–H groups in total. The van der Waals surface area contributed by atoms with Crippen LogP contribution in [0, 0.1) is 0 Å². The number of ether oxygens (including phenoxy) is 1. The Labute approximate surface area is 117 Å². The number of hydrogen-bond acceptors (Lipinski definition) is 5. The van der Waals surface area contributed by atoms with Crippen LogP contribution in [0.25, 0.3) is 0 Å². The molecule has 1 aromatic rings. The molecule has 0 unspecified atom stereocenters. The van der Waals surface area contributed by atoms with Crippen molar-refractivity contribution in [2.24, 2.45) is 0 Å². The van der Waals surface area contributed by atoms with Crippen LogP contribution in [-0.2, 0) is 4.79 Å². The lowest BCUT2D eigenvalue weighted by atomic mass is 10.1. The molecule has 1 fully saturated rings. The van der Waals surface area contributed by atoms with Gasteiger partial charge in [-0.2, -0.15) is 0 Å². The minimum absolute atomic E-state index is 0.0386. The number of nitrogens with one attached hydrogen (secondary N) is 1. The predicted molar refractivity (Wildman–Crippen MR) is 72.1 cm³/mol. The van der Waals surface area contributed by atoms with E-state index in [9.17, 15) is 9.90 Å². The van der Waals surface area contributed by atoms with E-state index in [0.29, 0.717) is 17.1 Å². The summed E-state index contributed by atoms with van der Waals surface area (Å²) < 4.78 is 5.84. The van der Waals surface area contributed by atoms with Crippen molar-refractivity contribution in [2.45, 2.75) is 11.4 Å². The Hall–Kier alpha value is -0.920. The van der Waals surface area contributed by atoms with Gasteiger partial charge in [0.25, 0.3) is 0 Å². The zero-order valence-corrected chi connectivity index (χ0v) is 11.9. The third-order valence-corrected chi connectivity index (χ3v) is 4.36. The molecule has 5 nitrogen and oxygen atoms in total. The molecule has 98 valence electrons. The summed E-state index contributed by atoms with van der Waals surface area (Å²) in [6, 6.07) is 2.82. The van der Waals surface area contributed by atoms with Crippen LogP contribution < -0.4 is 10.1 Å². The fourth-order valence-corrected chi connectivity index (χ4v) is 3.44. The number of carboxylic acids is 1. The van der Waals surface area contributed by atoms with Crippen molar-refractivity contribution in [1.29, 1.82) is 0 Å². The third-order valence-electron chi connectivity index (χ3n) is 2.65. The molecule has 0 radical (unpaired) electrons. The van der Waals surface area contributed by atoms with Crippen molar-refractivity contribution in [1.82, 2.24) is 5.32 Å². The highest BCUT2D eigenvalue weighted by Crippen LogP contribution is 2.43. The van der Waals surface area contributed by atoms with E-state index in [1.807, 2.05) is 0 Å². The normalized spacial score (nSPS) is 23.0. The number of methoxy groups -OCH3 is 1. The van der Waals surface area contributed by atoms with E-state index >= 15 is 0 Å². The first-order valence-corrected chi connectivity index (χ1v) is 7.04. The number of carbonyl (C=O) groups is 1. The summed E-state index contributed by atoms with van der Waals surface area (Å²) in [4.78, 5) is 10.9. The smallest absolute Gasteiger partial charge is 0.321 e. The van der Waals surface area contributed by atoms with E-state index in [4.69, 9.17) is 9.84 Å². The molecule has 1 aliphatic heterocycles. The monoisotopic (exact) mass is 333 g/mol. The highest BCUT2D eigenvalue weighted by Gasteiger charge is 2.32. The first kappa shape index (κ1) is 13.5. The van der Waals surface area contributed by atoms with Crippen molar-refractivity contribution < 1.29 is 19.7 Å². The van der Waals surface area contributed by atoms with Gasteiger partial charge in [0.15, 0.2) is 11.5 Å². The topological polar surface area (TPSA) is 78.8 Å². The molecule has 1 aromatic carbocycles. The molecule has 0 saturated carbocycles. The number of aliphatic carboxylic acids is 1. The van der Waals surface area contributed by atoms with Gasteiger partial charge in [-0.3, -0.25) is 10.1 Å². The van der Waals surface area contributed by atoms with E-state index < -0.39 is 12.0 Å². The van der Waals surface area contributed by atoms with Crippen LogP contribution in [0.15, 0.2) is 16.6 Å². The summed E-state index contributed by atoms with van der Waals surface area (Å²) in [7, 11) is 1.47. The van der Waals surface area contributed by atoms with Gasteiger partial charge in [0, 0.05) is 15.8 Å². The zero-order chi connectivity index (χ0) is 13.3. The molecule has 0 aromatic heterocycles. The quantitative estimate of drug-likeness (QED) is 0.784. The van der Waals surface area contributed by atoms with Crippen molar-refractivity contribution in [3.8, 4) is 11.5 Å². The Morgan fingerprint density at radius 2 is 2.33 bits per heavy atom. The van der Waals surface area contributed by atoms with Gasteiger partial charge in [-0.15, -0.1) is 11.8 Å². The molecule has 0 aliphatic carbocycles. The lowest BCUT2D eigenvalue weighted by Gasteiger charge is -2.15. The van der Waals surface area contributed by atoms with Gasteiger partial charge in [0.05, 0.1) is 12.5 Å². The number of thioether (sulfide) groups is 1. The summed E-state index contributed by atoms with van der Waals surface area (Å²) in [6.45, 7) is 0. The highest BCUT2D eigenvalue weighted by molar-refractivity contribution is 9.10. The second kappa shape index (κ2) is 5.38. The van der Waals surface area contributed by atoms with E-state index in [0.717, 1.165) is 4.47 Å². The van der Waals surface area contributed by atoms with Gasteiger partial charge in [-0.1, -0.05) is 15.9 Å². The van der Waals surface area contributed by atoms with Crippen LogP contribution in [0.3, 0.4) is 0 Å². The maximum Gasteiger partial charge on any atom is 0.321 e. The van der Waals surface area contributed by atoms with Crippen LogP contribution in [0.5, 0.6) is 11.5 Å². The minimum Gasteiger partial charge on any atom is -0.504 e. The second-order valence-corrected chi connectivity index (χ2v) is 5.87. The van der Waals surface area contributed by atoms with Gasteiger partial charge in [-0.25, -0.2) is 0 Å². The number of phenolic OH excluding ortho intramolecular Hbond substituents is 1. The molecule has 0 bridgehead atoms. The molecule has 18 heavy (non-hydrogen) atoms. The van der Waals surface area contributed by atoms with E-state index in [1.165, 1.54) is 18.9 Å². The molecule has 1 aliphatic rings. The van der Waals surface area contributed by atoms with Crippen LogP contribution >= 0.6 is 27.7 Å². The Kier molecular flexibility index (Phi) is 4.04. The molecule has 2 atom stereocenters. The van der Waals surface area contributed by atoms with Crippen molar-refractivity contribution >= 4 is 33.7 Å². The van der Waals surface area contributed by atoms with Gasteiger partial charge >= 0.3 is 5.97 Å². The molecule has 1 heterocycles. The maximum atomic E-state index is 10.9. The summed E-state index contributed by atoms with van der Waals surface area (Å²) in [5, 5.41) is 21.7. The summed E-state index contributed by atoms with van der Waals surface area (Å²) >= 11 is 4.78. The largest absolute Gasteiger partial charge is 0.504 e. The predicted octanol–water partition coefficient (Wildman–Crippen LogP) is 1.95. The Morgan fingerprint density at radius 3 is 2.89 bits per heavy atom. The standard InChI is InChI=1S/C11H12BrNO4S/c1-17-8-3-5(12)2-6(9(8)14)10-13-7(4-18-10)11(15)16/h2-3,7,10,13-14H,4H2,1H3,(H,15,16)/t7-,10-/m1/s1. The van der Waals surface area contributed by atoms with Gasteiger partial charge in [-0.05, 0) is 12.1 Å². The van der Waals surface area contributed by atoms with Crippen LogP contribution in [0.1, 0.15) is 10.9 Å². The number of rotatable bonds is 3. The maximum absolute atomic E-state index is 10.9. The number of benzene rings is 1. The second-order valence-electron chi connectivity index (χ2n) is 3.82. The van der Waals surface area contributed by atoms with Gasteiger partial charge < -0.3 is 14.9 Å². The average molecular weight is 334 g/mol. The Bertz CT molecular complexity index is 482. The number of phenols is 1. The Balaban J connectivity index is 2.29. The lowest BCUT2D eigenvalue weighted by Crippen LogP contribution is -2.33. The molecule has 7 heteroatoms. The number of halogens is 1. The van der Waals surface area contributed by atoms with Crippen molar-refractivity contribution in [3.63, 3.8) is 0 Å². The minimum atomic E-state index is -0.883. The molecule has 1 saturated heterocycles. The number of hydrogen-bond donors (Lipinski definition) is 3. The lowest BCUT2D eigenvalue weighted by molar-refractivity contribution is -0.138. The SMILES string of the molecule is COc1cc(Br)cc([C@@H]2N[C@@H](C(=O)O)CS2)c1O. The van der Waals surface area contributed by atoms with Crippen LogP contribution in [0.4, 0.5) is 0 Å². The van der Waals surface area contributed by atoms with E-state index in [-0.39, 0.29) is 11.1 Å². The van der Waals surface area contributed by atoms with E-state index in [2.05, 4.69) is 21.2 Å². The van der Waals surface area contributed by atoms with Crippen LogP contribution in [-0.4, -0.2) is 35.1 Å². The Morgan fingerprint density at radius 1 is 1.61 bits per heavy atom. The highest BCUT2D eigenvalue weighted by atomic mass is 79.9. The van der Waals surface area contributed by atoms with Crippen LogP contribution in [0.2, 0.25) is 0 Å². The first-order chi connectivity index (χ1) is 8.52. The fraction of sp³-hybridized carbons (Fsp3) is 0.364. The summed E-state index contributed by atoms with van der Waals surface area (Å²) in [5.41, 5.74) is 0.620. The number of carboxylic acid groups (broad SMARTS) is 1. The van der Waals surface area contributed by atoms with Crippen molar-refractivity contribution in [3.05, 3.63) is 22.2 Å². The van der Waals surface area contributed by atoms with Gasteiger partial charge in [0.1, 0.15) is 6.04 Å². The molecule has 2 rings (SSSR count).